The number of rotatable bonds is 0. The van der Waals surface area contributed by atoms with Gasteiger partial charge in [0.15, 0.2) is 0 Å². The highest BCUT2D eigenvalue weighted by molar-refractivity contribution is 5.69. The second kappa shape index (κ2) is 19.0. The molecule has 3 aliphatic rings. The van der Waals surface area contributed by atoms with Gasteiger partial charge in [0.25, 0.3) is 0 Å². The summed E-state index contributed by atoms with van der Waals surface area (Å²) in [6.45, 7) is 0.757. The molecular formula is C40H42O4. The van der Waals surface area contributed by atoms with E-state index >= 15 is 0 Å². The first-order valence-electron chi connectivity index (χ1n) is 16.1. The summed E-state index contributed by atoms with van der Waals surface area (Å²) in [5, 5.41) is 0. The number of benzene rings is 2. The van der Waals surface area contributed by atoms with Gasteiger partial charge in [-0.2, -0.15) is 0 Å². The molecule has 0 N–H and O–H groups in total. The third-order valence-electron chi connectivity index (χ3n) is 8.21. The monoisotopic (exact) mass is 586 g/mol. The van der Waals surface area contributed by atoms with Gasteiger partial charge in [-0.3, -0.25) is 9.59 Å². The predicted molar refractivity (Wildman–Crippen MR) is 173 cm³/mol. The van der Waals surface area contributed by atoms with Crippen LogP contribution >= 0.6 is 0 Å². The Labute approximate surface area is 263 Å². The van der Waals surface area contributed by atoms with Crippen LogP contribution in [-0.2, 0) is 19.1 Å². The number of esters is 2. The van der Waals surface area contributed by atoms with Gasteiger partial charge in [0, 0.05) is 48.6 Å². The first kappa shape index (κ1) is 32.5. The van der Waals surface area contributed by atoms with E-state index in [4.69, 9.17) is 9.47 Å². The maximum absolute atomic E-state index is 12.5. The van der Waals surface area contributed by atoms with Gasteiger partial charge >= 0.3 is 11.9 Å². The van der Waals surface area contributed by atoms with Crippen molar-refractivity contribution in [3.8, 4) is 47.4 Å². The van der Waals surface area contributed by atoms with Gasteiger partial charge in [0.2, 0.25) is 0 Å². The molecule has 4 nitrogen and oxygen atoms in total. The third kappa shape index (κ3) is 12.1. The predicted octanol–water partition coefficient (Wildman–Crippen LogP) is 7.36. The minimum absolute atomic E-state index is 0.134. The Morgan fingerprint density at radius 2 is 1.02 bits per heavy atom. The molecular weight excluding hydrogens is 544 g/mol. The Balaban J connectivity index is 1.51. The highest BCUT2D eigenvalue weighted by Crippen LogP contribution is 2.41. The Morgan fingerprint density at radius 1 is 0.591 bits per heavy atom. The van der Waals surface area contributed by atoms with Crippen molar-refractivity contribution >= 4 is 11.9 Å². The lowest BCUT2D eigenvalue weighted by Gasteiger charge is -2.37. The van der Waals surface area contributed by atoms with Crippen LogP contribution in [0.5, 0.6) is 0 Å². The summed E-state index contributed by atoms with van der Waals surface area (Å²) in [6.07, 6.45) is 8.65. The lowest BCUT2D eigenvalue weighted by atomic mass is 9.66. The minimum Gasteiger partial charge on any atom is -0.466 e. The van der Waals surface area contributed by atoms with E-state index in [0.717, 1.165) is 62.5 Å². The van der Waals surface area contributed by atoms with E-state index in [2.05, 4.69) is 47.4 Å². The van der Waals surface area contributed by atoms with Crippen LogP contribution in [0.1, 0.15) is 88.2 Å². The third-order valence-corrected chi connectivity index (χ3v) is 8.21. The summed E-state index contributed by atoms with van der Waals surface area (Å²) in [6, 6.07) is 20.1. The summed E-state index contributed by atoms with van der Waals surface area (Å²) in [5.74, 6) is 26.2. The summed E-state index contributed by atoms with van der Waals surface area (Å²) >= 11 is 0. The smallest absolute Gasteiger partial charge is 0.305 e. The van der Waals surface area contributed by atoms with Crippen molar-refractivity contribution in [3.63, 3.8) is 0 Å². The Hall–Kier alpha value is -4.38. The fraction of sp³-hybridized carbons (Fsp3) is 0.450. The zero-order chi connectivity index (χ0) is 30.7. The number of hydrogen-bond donors (Lipinski definition) is 0. The molecule has 0 spiro atoms. The summed E-state index contributed by atoms with van der Waals surface area (Å²) in [5.41, 5.74) is 1.98. The summed E-state index contributed by atoms with van der Waals surface area (Å²) in [7, 11) is 0. The van der Waals surface area contributed by atoms with Crippen LogP contribution in [0.4, 0.5) is 0 Å². The molecule has 4 heteroatoms. The van der Waals surface area contributed by atoms with Crippen molar-refractivity contribution in [2.24, 2.45) is 23.7 Å². The average Bonchev–Trinajstić information content (AvgIpc) is 3.04. The zero-order valence-electron chi connectivity index (χ0n) is 25.6. The van der Waals surface area contributed by atoms with Gasteiger partial charge in [-0.15, -0.1) is 0 Å². The van der Waals surface area contributed by atoms with Gasteiger partial charge in [-0.05, 0) is 99.3 Å². The molecule has 4 atom stereocenters. The number of hydrogen-bond acceptors (Lipinski definition) is 4. The quantitative estimate of drug-likeness (QED) is 0.239. The van der Waals surface area contributed by atoms with E-state index in [1.165, 1.54) is 0 Å². The molecule has 1 fully saturated rings. The van der Waals surface area contributed by atoms with Crippen LogP contribution in [0.2, 0.25) is 0 Å². The topological polar surface area (TPSA) is 52.6 Å². The maximum Gasteiger partial charge on any atom is 0.305 e. The number of carbonyl (C=O) groups is 2. The highest BCUT2D eigenvalue weighted by Gasteiger charge is 2.36. The van der Waals surface area contributed by atoms with Crippen molar-refractivity contribution in [1.29, 1.82) is 0 Å². The first-order chi connectivity index (χ1) is 21.7. The van der Waals surface area contributed by atoms with Crippen LogP contribution < -0.4 is 0 Å². The van der Waals surface area contributed by atoms with E-state index in [1.54, 1.807) is 0 Å². The van der Waals surface area contributed by atoms with E-state index in [9.17, 15) is 9.59 Å². The fourth-order valence-corrected chi connectivity index (χ4v) is 5.72. The van der Waals surface area contributed by atoms with Crippen molar-refractivity contribution in [3.05, 3.63) is 71.8 Å². The molecule has 2 heterocycles. The van der Waals surface area contributed by atoms with Crippen LogP contribution in [-0.4, -0.2) is 25.2 Å². The molecule has 2 aromatic rings. The van der Waals surface area contributed by atoms with Crippen molar-refractivity contribution < 1.29 is 19.1 Å². The Kier molecular flexibility index (Phi) is 14.1. The molecule has 1 aliphatic carbocycles. The van der Waals surface area contributed by atoms with Gasteiger partial charge in [0.1, 0.15) is 0 Å². The van der Waals surface area contributed by atoms with Crippen LogP contribution in [0, 0.1) is 71.0 Å². The first-order valence-corrected chi connectivity index (χ1v) is 16.1. The average molecular weight is 587 g/mol. The lowest BCUT2D eigenvalue weighted by Crippen LogP contribution is -2.32. The largest absolute Gasteiger partial charge is 0.466 e. The molecule has 0 radical (unpaired) electrons. The van der Waals surface area contributed by atoms with Gasteiger partial charge in [-0.1, -0.05) is 71.9 Å². The number of carbonyl (C=O) groups excluding carboxylic acids is 2. The molecule has 2 unspecified atom stereocenters. The summed E-state index contributed by atoms with van der Waals surface area (Å²) in [4.78, 5) is 24.9. The molecule has 2 aliphatic heterocycles. The molecule has 0 saturated heterocycles. The zero-order valence-corrected chi connectivity index (χ0v) is 25.6. The van der Waals surface area contributed by atoms with E-state index in [1.807, 2.05) is 60.7 Å². The highest BCUT2D eigenvalue weighted by atomic mass is 16.5. The Morgan fingerprint density at radius 3 is 1.45 bits per heavy atom. The van der Waals surface area contributed by atoms with Gasteiger partial charge in [-0.25, -0.2) is 0 Å². The van der Waals surface area contributed by atoms with Crippen molar-refractivity contribution in [2.45, 2.75) is 77.0 Å². The Bertz CT molecular complexity index is 1330. The van der Waals surface area contributed by atoms with Crippen LogP contribution in [0.25, 0.3) is 0 Å². The molecule has 226 valence electrons. The molecule has 44 heavy (non-hydrogen) atoms. The molecule has 2 aromatic carbocycles. The standard InChI is InChI=1S/C40H42O4/c41-39-21-15-7-5-3-1-2-4-6-8-16-22-40(42)44-30-28-38-32-35(25-23-33-17-11-9-12-18-33)37(27-29-43-39)31-36(38)26-24-34-19-13-10-14-20-34/h9-14,17-20,35-38H,5-8,15-16,21-22,27-32H2/t35-,36?,37?,38+/m1/s1. The molecule has 1 saturated carbocycles. The molecule has 0 amide bonds. The summed E-state index contributed by atoms with van der Waals surface area (Å²) < 4.78 is 11.4. The van der Waals surface area contributed by atoms with E-state index in [0.29, 0.717) is 38.9 Å². The van der Waals surface area contributed by atoms with E-state index < -0.39 is 0 Å². The van der Waals surface area contributed by atoms with Crippen LogP contribution in [0.3, 0.4) is 0 Å². The lowest BCUT2D eigenvalue weighted by molar-refractivity contribution is -0.145. The van der Waals surface area contributed by atoms with Crippen molar-refractivity contribution in [1.82, 2.24) is 0 Å². The van der Waals surface area contributed by atoms with E-state index in [-0.39, 0.29) is 35.6 Å². The molecule has 0 aromatic heterocycles. The number of ether oxygens (including phenoxy) is 2. The normalized spacial score (nSPS) is 23.6. The van der Waals surface area contributed by atoms with Gasteiger partial charge in [0.05, 0.1) is 13.2 Å². The van der Waals surface area contributed by atoms with Crippen LogP contribution in [0.15, 0.2) is 60.7 Å². The van der Waals surface area contributed by atoms with Gasteiger partial charge < -0.3 is 9.47 Å². The van der Waals surface area contributed by atoms with Crippen molar-refractivity contribution in [2.75, 3.05) is 13.2 Å². The fourth-order valence-electron chi connectivity index (χ4n) is 5.72. The minimum atomic E-state index is -0.157. The molecule has 2 bridgehead atoms. The number of fused-ring (bicyclic) bond motifs is 19. The second-order valence-corrected chi connectivity index (χ2v) is 11.5. The second-order valence-electron chi connectivity index (χ2n) is 11.5. The SMILES string of the molecule is O=C1CCCCC#CC#CCCCCC(=O)OCC[C@H]2C[C@@H](C#Cc3ccccc3)C(CCO1)CC2C#Cc1ccccc1. The molecule has 5 rings (SSSR count). The maximum atomic E-state index is 12.5.